The van der Waals surface area contributed by atoms with Crippen molar-refractivity contribution in [1.82, 2.24) is 24.7 Å². The Kier molecular flexibility index (Phi) is 5.89. The van der Waals surface area contributed by atoms with E-state index in [2.05, 4.69) is 20.5 Å². The Balaban J connectivity index is 1.41. The van der Waals surface area contributed by atoms with Crippen LogP contribution in [0.15, 0.2) is 41.3 Å². The van der Waals surface area contributed by atoms with E-state index in [4.69, 9.17) is 5.73 Å². The monoisotopic (exact) mass is 397 g/mol. The lowest BCUT2D eigenvalue weighted by Gasteiger charge is -2.27. The van der Waals surface area contributed by atoms with Gasteiger partial charge in [-0.05, 0) is 30.2 Å². The van der Waals surface area contributed by atoms with E-state index in [1.54, 1.807) is 17.2 Å². The van der Waals surface area contributed by atoms with Gasteiger partial charge in [0.1, 0.15) is 5.82 Å². The third kappa shape index (κ3) is 4.81. The number of nitrogens with two attached hydrogens (primary N) is 1. The molecule has 2 aromatic rings. The summed E-state index contributed by atoms with van der Waals surface area (Å²) in [5.41, 5.74) is 7.46. The van der Waals surface area contributed by atoms with E-state index in [-0.39, 0.29) is 17.9 Å². The number of piperazine rings is 1. The van der Waals surface area contributed by atoms with Gasteiger partial charge in [-0.2, -0.15) is 4.98 Å². The van der Waals surface area contributed by atoms with Crippen molar-refractivity contribution in [3.63, 3.8) is 0 Å². The van der Waals surface area contributed by atoms with Crippen molar-refractivity contribution in [2.45, 2.75) is 19.0 Å². The minimum absolute atomic E-state index is 0.234. The Bertz CT molecular complexity index is 906. The fraction of sp³-hybridized carbons (Fsp3) is 0.450. The summed E-state index contributed by atoms with van der Waals surface area (Å²) in [6, 6.07) is 9.53. The minimum atomic E-state index is -0.429. The van der Waals surface area contributed by atoms with Crippen molar-refractivity contribution in [3.05, 3.63) is 52.6 Å². The van der Waals surface area contributed by atoms with Crippen LogP contribution in [-0.4, -0.2) is 70.7 Å². The van der Waals surface area contributed by atoms with Gasteiger partial charge in [0.25, 0.3) is 0 Å². The van der Waals surface area contributed by atoms with Gasteiger partial charge in [0.05, 0.1) is 5.69 Å². The Hall–Kier alpha value is -2.75. The number of benzene rings is 1. The van der Waals surface area contributed by atoms with Gasteiger partial charge in [-0.3, -0.25) is 14.8 Å². The molecule has 0 radical (unpaired) electrons. The number of amides is 2. The van der Waals surface area contributed by atoms with Crippen LogP contribution in [0.1, 0.15) is 12.0 Å². The van der Waals surface area contributed by atoms with Gasteiger partial charge < -0.3 is 16.0 Å². The minimum Gasteiger partial charge on any atom is -0.326 e. The molecule has 9 nitrogen and oxygen atoms in total. The Morgan fingerprint density at radius 3 is 2.59 bits per heavy atom. The molecule has 0 aliphatic carbocycles. The van der Waals surface area contributed by atoms with Gasteiger partial charge in [0.15, 0.2) is 0 Å². The Labute approximate surface area is 169 Å². The standard InChI is InChI=1S/C20H27N7O2/c21-16-5-9-25(14-16)13-15-1-3-17(4-2-15)27-10-6-18(24-20(27)29)23-19(28)26-11-7-22-8-12-26/h1-4,6,10,16,22H,5,7-9,11-14,21H2,(H,23,24,28,29). The summed E-state index contributed by atoms with van der Waals surface area (Å²) in [4.78, 5) is 32.8. The zero-order valence-corrected chi connectivity index (χ0v) is 16.4. The van der Waals surface area contributed by atoms with E-state index < -0.39 is 5.69 Å². The van der Waals surface area contributed by atoms with Crippen molar-refractivity contribution < 1.29 is 4.79 Å². The van der Waals surface area contributed by atoms with Crippen LogP contribution < -0.4 is 22.1 Å². The topological polar surface area (TPSA) is 109 Å². The van der Waals surface area contributed by atoms with Gasteiger partial charge in [0, 0.05) is 58.1 Å². The summed E-state index contributed by atoms with van der Waals surface area (Å²) in [7, 11) is 0. The largest absolute Gasteiger partial charge is 0.354 e. The third-order valence-electron chi connectivity index (χ3n) is 5.37. The number of urea groups is 1. The molecule has 3 heterocycles. The second kappa shape index (κ2) is 8.73. The molecule has 29 heavy (non-hydrogen) atoms. The van der Waals surface area contributed by atoms with Crippen LogP contribution in [0, 0.1) is 0 Å². The molecule has 1 unspecified atom stereocenters. The molecule has 2 amide bonds. The molecule has 1 atom stereocenters. The molecule has 2 fully saturated rings. The molecule has 2 aliphatic heterocycles. The van der Waals surface area contributed by atoms with Gasteiger partial charge in [-0.1, -0.05) is 12.1 Å². The van der Waals surface area contributed by atoms with Crippen LogP contribution >= 0.6 is 0 Å². The van der Waals surface area contributed by atoms with Crippen molar-refractivity contribution in [2.24, 2.45) is 5.73 Å². The van der Waals surface area contributed by atoms with Gasteiger partial charge in [-0.15, -0.1) is 0 Å². The predicted octanol–water partition coefficient (Wildman–Crippen LogP) is 0.203. The average Bonchev–Trinajstić information content (AvgIpc) is 3.14. The van der Waals surface area contributed by atoms with Crippen LogP contribution in [0.5, 0.6) is 0 Å². The maximum Gasteiger partial charge on any atom is 0.354 e. The highest BCUT2D eigenvalue weighted by Crippen LogP contribution is 2.14. The van der Waals surface area contributed by atoms with Crippen molar-refractivity contribution in [3.8, 4) is 5.69 Å². The molecule has 0 bridgehead atoms. The number of rotatable bonds is 4. The molecule has 2 aliphatic rings. The average molecular weight is 397 g/mol. The van der Waals surface area contributed by atoms with E-state index in [1.807, 2.05) is 24.3 Å². The Morgan fingerprint density at radius 2 is 1.93 bits per heavy atom. The molecule has 0 saturated carbocycles. The predicted molar refractivity (Wildman–Crippen MR) is 111 cm³/mol. The number of carbonyl (C=O) groups is 1. The number of hydrogen-bond donors (Lipinski definition) is 3. The summed E-state index contributed by atoms with van der Waals surface area (Å²) >= 11 is 0. The quantitative estimate of drug-likeness (QED) is 0.680. The second-order valence-electron chi connectivity index (χ2n) is 7.58. The SMILES string of the molecule is NC1CCN(Cc2ccc(-n3ccc(NC(=O)N4CCNCC4)nc3=O)cc2)C1. The number of carbonyl (C=O) groups excluding carboxylic acids is 1. The molecule has 154 valence electrons. The lowest BCUT2D eigenvalue weighted by Crippen LogP contribution is -2.48. The summed E-state index contributed by atoms with van der Waals surface area (Å²) in [5.74, 6) is 0.261. The molecule has 4 rings (SSSR count). The highest BCUT2D eigenvalue weighted by Gasteiger charge is 2.19. The normalized spacial score (nSPS) is 20.0. The lowest BCUT2D eigenvalue weighted by molar-refractivity contribution is 0.204. The summed E-state index contributed by atoms with van der Waals surface area (Å²) in [5, 5.41) is 5.90. The zero-order chi connectivity index (χ0) is 20.2. The highest BCUT2D eigenvalue weighted by atomic mass is 16.2. The molecule has 0 spiro atoms. The van der Waals surface area contributed by atoms with E-state index >= 15 is 0 Å². The van der Waals surface area contributed by atoms with Crippen LogP contribution in [0.4, 0.5) is 10.6 Å². The molecular weight excluding hydrogens is 370 g/mol. The van der Waals surface area contributed by atoms with Crippen LogP contribution in [0.2, 0.25) is 0 Å². The van der Waals surface area contributed by atoms with E-state index in [9.17, 15) is 9.59 Å². The smallest absolute Gasteiger partial charge is 0.326 e. The number of anilines is 1. The molecule has 9 heteroatoms. The first-order chi connectivity index (χ1) is 14.1. The highest BCUT2D eigenvalue weighted by molar-refractivity contribution is 5.88. The van der Waals surface area contributed by atoms with E-state index in [0.29, 0.717) is 13.1 Å². The molecule has 1 aromatic carbocycles. The van der Waals surface area contributed by atoms with Crippen LogP contribution in [-0.2, 0) is 6.54 Å². The van der Waals surface area contributed by atoms with Gasteiger partial charge in [-0.25, -0.2) is 9.59 Å². The molecule has 4 N–H and O–H groups in total. The molecular formula is C20H27N7O2. The Morgan fingerprint density at radius 1 is 1.17 bits per heavy atom. The maximum absolute atomic E-state index is 12.5. The summed E-state index contributed by atoms with van der Waals surface area (Å²) < 4.78 is 1.47. The summed E-state index contributed by atoms with van der Waals surface area (Å²) in [6.45, 7) is 5.61. The van der Waals surface area contributed by atoms with Gasteiger partial charge >= 0.3 is 11.7 Å². The fourth-order valence-corrected chi connectivity index (χ4v) is 3.75. The van der Waals surface area contributed by atoms with Gasteiger partial charge in [0.2, 0.25) is 0 Å². The first-order valence-corrected chi connectivity index (χ1v) is 10.0. The van der Waals surface area contributed by atoms with Crippen molar-refractivity contribution in [1.29, 1.82) is 0 Å². The number of hydrogen-bond acceptors (Lipinski definition) is 6. The first-order valence-electron chi connectivity index (χ1n) is 10.0. The number of likely N-dealkylation sites (tertiary alicyclic amines) is 1. The number of nitrogens with one attached hydrogen (secondary N) is 2. The van der Waals surface area contributed by atoms with Crippen LogP contribution in [0.25, 0.3) is 5.69 Å². The zero-order valence-electron chi connectivity index (χ0n) is 16.4. The van der Waals surface area contributed by atoms with Crippen molar-refractivity contribution in [2.75, 3.05) is 44.6 Å². The fourth-order valence-electron chi connectivity index (χ4n) is 3.75. The number of aromatic nitrogens is 2. The lowest BCUT2D eigenvalue weighted by atomic mass is 10.2. The molecule has 2 saturated heterocycles. The third-order valence-corrected chi connectivity index (χ3v) is 5.37. The second-order valence-corrected chi connectivity index (χ2v) is 7.58. The summed E-state index contributed by atoms with van der Waals surface area (Å²) in [6.07, 6.45) is 2.67. The van der Waals surface area contributed by atoms with Crippen molar-refractivity contribution >= 4 is 11.8 Å². The van der Waals surface area contributed by atoms with E-state index in [0.717, 1.165) is 44.8 Å². The number of nitrogens with zero attached hydrogens (tertiary/aromatic N) is 4. The maximum atomic E-state index is 12.5. The van der Waals surface area contributed by atoms with Crippen LogP contribution in [0.3, 0.4) is 0 Å². The van der Waals surface area contributed by atoms with E-state index in [1.165, 1.54) is 10.1 Å². The first kappa shape index (κ1) is 19.6. The molecule has 1 aromatic heterocycles.